The van der Waals surface area contributed by atoms with Crippen molar-refractivity contribution in [1.29, 1.82) is 0 Å². The summed E-state index contributed by atoms with van der Waals surface area (Å²) in [4.78, 5) is 0. The van der Waals surface area contributed by atoms with Crippen LogP contribution in [-0.2, 0) is 0 Å². The van der Waals surface area contributed by atoms with Gasteiger partial charge in [-0.05, 0) is 36.5 Å². The Balaban J connectivity index is 2.50. The molecule has 1 rings (SSSR count). The second-order valence-electron chi connectivity index (χ2n) is 5.25. The van der Waals surface area contributed by atoms with Gasteiger partial charge < -0.3 is 5.11 Å². The zero-order chi connectivity index (χ0) is 10.0. The molecule has 0 saturated heterocycles. The Morgan fingerprint density at radius 1 is 1.15 bits per heavy atom. The normalized spacial score (nSPS) is 37.8. The molecule has 1 aliphatic rings. The monoisotopic (exact) mass is 184 g/mol. The predicted molar refractivity (Wildman–Crippen MR) is 56.5 cm³/mol. The molecule has 1 nitrogen and oxygen atoms in total. The molecule has 0 heterocycles. The van der Waals surface area contributed by atoms with E-state index >= 15 is 0 Å². The number of hydrogen-bond acceptors (Lipinski definition) is 1. The quantitative estimate of drug-likeness (QED) is 0.699. The summed E-state index contributed by atoms with van der Waals surface area (Å²) in [5.74, 6) is 2.65. The Bertz CT molecular complexity index is 153. The number of rotatable bonds is 2. The molecule has 0 spiro atoms. The van der Waals surface area contributed by atoms with Crippen molar-refractivity contribution >= 4 is 0 Å². The average molecular weight is 184 g/mol. The molecule has 0 amide bonds. The summed E-state index contributed by atoms with van der Waals surface area (Å²) >= 11 is 0. The van der Waals surface area contributed by atoms with Gasteiger partial charge in [0.25, 0.3) is 0 Å². The van der Waals surface area contributed by atoms with Crippen LogP contribution in [0.4, 0.5) is 0 Å². The molecule has 1 fully saturated rings. The van der Waals surface area contributed by atoms with Crippen molar-refractivity contribution in [3.8, 4) is 0 Å². The maximum Gasteiger partial charge on any atom is 0.0573 e. The minimum Gasteiger partial charge on any atom is -0.393 e. The smallest absolute Gasteiger partial charge is 0.0573 e. The average Bonchev–Trinajstić information content (AvgIpc) is 2.03. The molecule has 0 aliphatic heterocycles. The molecular weight excluding hydrogens is 160 g/mol. The molecular formula is C12H24O. The molecule has 4 unspecified atom stereocenters. The fourth-order valence-corrected chi connectivity index (χ4v) is 2.48. The predicted octanol–water partition coefficient (Wildman–Crippen LogP) is 3.08. The molecule has 13 heavy (non-hydrogen) atoms. The first-order valence-corrected chi connectivity index (χ1v) is 5.70. The molecule has 0 radical (unpaired) electrons. The molecule has 1 aliphatic carbocycles. The van der Waals surface area contributed by atoms with Crippen molar-refractivity contribution in [1.82, 2.24) is 0 Å². The van der Waals surface area contributed by atoms with Crippen LogP contribution in [0.3, 0.4) is 0 Å². The lowest BCUT2D eigenvalue weighted by molar-refractivity contribution is 0.0116. The molecule has 1 N–H and O–H groups in total. The zero-order valence-electron chi connectivity index (χ0n) is 9.46. The largest absolute Gasteiger partial charge is 0.393 e. The van der Waals surface area contributed by atoms with Crippen molar-refractivity contribution in [2.24, 2.45) is 23.7 Å². The van der Waals surface area contributed by atoms with E-state index in [2.05, 4.69) is 27.7 Å². The lowest BCUT2D eigenvalue weighted by Crippen LogP contribution is -2.34. The van der Waals surface area contributed by atoms with Gasteiger partial charge in [0.05, 0.1) is 6.10 Å². The van der Waals surface area contributed by atoms with Crippen LogP contribution in [0.2, 0.25) is 0 Å². The molecule has 0 bridgehead atoms. The highest BCUT2D eigenvalue weighted by atomic mass is 16.3. The van der Waals surface area contributed by atoms with E-state index in [9.17, 15) is 5.11 Å². The standard InChI is InChI=1S/C12H24O/c1-8(2)10(4)11-6-5-9(3)7-12(11)13/h8-13H,5-7H2,1-4H3. The van der Waals surface area contributed by atoms with Gasteiger partial charge in [-0.2, -0.15) is 0 Å². The second-order valence-corrected chi connectivity index (χ2v) is 5.25. The van der Waals surface area contributed by atoms with Crippen LogP contribution in [-0.4, -0.2) is 11.2 Å². The number of aliphatic hydroxyl groups excluding tert-OH is 1. The summed E-state index contributed by atoms with van der Waals surface area (Å²) in [7, 11) is 0. The van der Waals surface area contributed by atoms with Crippen LogP contribution in [0.15, 0.2) is 0 Å². The van der Waals surface area contributed by atoms with Crippen LogP contribution < -0.4 is 0 Å². The van der Waals surface area contributed by atoms with Gasteiger partial charge in [0, 0.05) is 0 Å². The molecule has 1 saturated carbocycles. The van der Waals surface area contributed by atoms with Crippen LogP contribution in [0.5, 0.6) is 0 Å². The summed E-state index contributed by atoms with van der Waals surface area (Å²) < 4.78 is 0. The lowest BCUT2D eigenvalue weighted by Gasteiger charge is -2.37. The molecule has 78 valence electrons. The topological polar surface area (TPSA) is 20.2 Å². The lowest BCUT2D eigenvalue weighted by atomic mass is 9.72. The van der Waals surface area contributed by atoms with Gasteiger partial charge in [0.2, 0.25) is 0 Å². The maximum absolute atomic E-state index is 9.96. The highest BCUT2D eigenvalue weighted by Crippen LogP contribution is 2.36. The van der Waals surface area contributed by atoms with Gasteiger partial charge >= 0.3 is 0 Å². The van der Waals surface area contributed by atoms with Gasteiger partial charge in [0.15, 0.2) is 0 Å². The third kappa shape index (κ3) is 2.70. The van der Waals surface area contributed by atoms with Crippen LogP contribution in [0.1, 0.15) is 47.0 Å². The minimum atomic E-state index is -0.0406. The van der Waals surface area contributed by atoms with E-state index in [0.29, 0.717) is 17.8 Å². The summed E-state index contributed by atoms with van der Waals surface area (Å²) in [6, 6.07) is 0. The van der Waals surface area contributed by atoms with Crippen LogP contribution in [0, 0.1) is 23.7 Å². The van der Waals surface area contributed by atoms with Gasteiger partial charge in [-0.3, -0.25) is 0 Å². The third-order valence-electron chi connectivity index (χ3n) is 3.86. The first-order chi connectivity index (χ1) is 6.02. The van der Waals surface area contributed by atoms with E-state index < -0.39 is 0 Å². The first kappa shape index (κ1) is 11.0. The van der Waals surface area contributed by atoms with Crippen molar-refractivity contribution in [3.05, 3.63) is 0 Å². The van der Waals surface area contributed by atoms with Gasteiger partial charge in [-0.15, -0.1) is 0 Å². The SMILES string of the molecule is CC1CCC(C(C)C(C)C)C(O)C1. The number of aliphatic hydroxyl groups is 1. The minimum absolute atomic E-state index is 0.0406. The van der Waals surface area contributed by atoms with Crippen LogP contribution in [0.25, 0.3) is 0 Å². The van der Waals surface area contributed by atoms with E-state index in [-0.39, 0.29) is 6.10 Å². The molecule has 0 aromatic heterocycles. The zero-order valence-corrected chi connectivity index (χ0v) is 9.46. The van der Waals surface area contributed by atoms with Crippen molar-refractivity contribution < 1.29 is 5.11 Å². The Labute approximate surface area is 82.5 Å². The molecule has 1 heteroatoms. The Morgan fingerprint density at radius 3 is 2.23 bits per heavy atom. The molecule has 0 aromatic carbocycles. The summed E-state index contributed by atoms with van der Waals surface area (Å²) in [5.41, 5.74) is 0. The Kier molecular flexibility index (Phi) is 3.78. The summed E-state index contributed by atoms with van der Waals surface area (Å²) in [5, 5.41) is 9.96. The van der Waals surface area contributed by atoms with Crippen molar-refractivity contribution in [2.75, 3.05) is 0 Å². The third-order valence-corrected chi connectivity index (χ3v) is 3.86. The van der Waals surface area contributed by atoms with Gasteiger partial charge in [-0.1, -0.05) is 34.1 Å². The van der Waals surface area contributed by atoms with Crippen LogP contribution >= 0.6 is 0 Å². The summed E-state index contributed by atoms with van der Waals surface area (Å²) in [6.07, 6.45) is 3.50. The van der Waals surface area contributed by atoms with Gasteiger partial charge in [-0.25, -0.2) is 0 Å². The Morgan fingerprint density at radius 2 is 1.77 bits per heavy atom. The Hall–Kier alpha value is -0.0400. The summed E-state index contributed by atoms with van der Waals surface area (Å²) in [6.45, 7) is 9.05. The fourth-order valence-electron chi connectivity index (χ4n) is 2.48. The highest BCUT2D eigenvalue weighted by molar-refractivity contribution is 4.82. The van der Waals surface area contributed by atoms with E-state index in [1.54, 1.807) is 0 Å². The molecule has 4 atom stereocenters. The highest BCUT2D eigenvalue weighted by Gasteiger charge is 2.31. The second kappa shape index (κ2) is 4.45. The fraction of sp³-hybridized carbons (Fsp3) is 1.00. The first-order valence-electron chi connectivity index (χ1n) is 5.70. The van der Waals surface area contributed by atoms with E-state index in [4.69, 9.17) is 0 Å². The number of hydrogen-bond donors (Lipinski definition) is 1. The van der Waals surface area contributed by atoms with Gasteiger partial charge in [0.1, 0.15) is 0 Å². The van der Waals surface area contributed by atoms with E-state index in [1.807, 2.05) is 0 Å². The van der Waals surface area contributed by atoms with Crippen molar-refractivity contribution in [2.45, 2.75) is 53.1 Å². The van der Waals surface area contributed by atoms with E-state index in [1.165, 1.54) is 12.8 Å². The molecule has 0 aromatic rings. The van der Waals surface area contributed by atoms with E-state index in [0.717, 1.165) is 12.3 Å². The van der Waals surface area contributed by atoms with Crippen molar-refractivity contribution in [3.63, 3.8) is 0 Å². The maximum atomic E-state index is 9.96.